The number of fused-ring (bicyclic) bond motifs is 3. The molecule has 4 heteroatoms. The van der Waals surface area contributed by atoms with Crippen LogP contribution in [0.15, 0.2) is 68.5 Å². The molecule has 2 aromatic carbocycles. The molecule has 147 valence electrons. The van der Waals surface area contributed by atoms with Crippen molar-refractivity contribution < 1.29 is 45.7 Å². The number of allylic oxidation sites excluding steroid dienone is 4. The molecule has 0 fully saturated rings. The maximum absolute atomic E-state index is 2.63. The van der Waals surface area contributed by atoms with Gasteiger partial charge in [0.15, 0.2) is 0 Å². The molecule has 0 spiro atoms. The van der Waals surface area contributed by atoms with Gasteiger partial charge >= 0.3 is 168 Å². The van der Waals surface area contributed by atoms with E-state index in [1.54, 1.807) is 27.8 Å². The zero-order valence-electron chi connectivity index (χ0n) is 17.6. The van der Waals surface area contributed by atoms with Crippen molar-refractivity contribution in [1.82, 2.24) is 0 Å². The molecule has 0 saturated heterocycles. The van der Waals surface area contributed by atoms with Crippen LogP contribution in [0.5, 0.6) is 0 Å². The van der Waals surface area contributed by atoms with Gasteiger partial charge in [-0.1, -0.05) is 0 Å². The van der Waals surface area contributed by atoms with Crippen LogP contribution in [-0.2, 0) is 20.9 Å². The van der Waals surface area contributed by atoms with Crippen LogP contribution >= 0.6 is 0 Å². The van der Waals surface area contributed by atoms with Crippen molar-refractivity contribution in [3.8, 4) is 11.1 Å². The molecule has 1 atom stereocenters. The normalized spacial score (nSPS) is 18.0. The van der Waals surface area contributed by atoms with Crippen molar-refractivity contribution in [2.75, 3.05) is 0 Å². The summed E-state index contributed by atoms with van der Waals surface area (Å²) in [5, 5.41) is 0. The van der Waals surface area contributed by atoms with Crippen LogP contribution in [-0.4, -0.2) is 5.92 Å². The quantitative estimate of drug-likeness (QED) is 0.535. The first-order valence-electron chi connectivity index (χ1n) is 9.87. The second-order valence-electron chi connectivity index (χ2n) is 8.29. The monoisotopic (exact) mass is 505 g/mol. The summed E-state index contributed by atoms with van der Waals surface area (Å²) in [5.41, 5.74) is 11.2. The van der Waals surface area contributed by atoms with E-state index in [2.05, 4.69) is 89.3 Å². The summed E-state index contributed by atoms with van der Waals surface area (Å²) >= 11 is -1.84. The number of hydrogen-bond donors (Lipinski definition) is 0. The third-order valence-corrected chi connectivity index (χ3v) is 27.5. The molecule has 0 aromatic heterocycles. The van der Waals surface area contributed by atoms with Crippen LogP contribution in [0.4, 0.5) is 0 Å². The molecular formula is C24H29Cl2SiZr. The molecule has 0 radical (unpaired) electrons. The SMILES string of the molecule is CC1=C(C)C(C)[C]([Zr+2]([CH]2c3ccccc3-c3ccccc32)[SiH](C)C)=C1C.[Cl-].[Cl-]. The van der Waals surface area contributed by atoms with Gasteiger partial charge in [0.05, 0.1) is 0 Å². The zero-order valence-corrected chi connectivity index (χ0v) is 22.7. The number of hydrogen-bond acceptors (Lipinski definition) is 0. The van der Waals surface area contributed by atoms with E-state index in [0.717, 1.165) is 3.63 Å². The van der Waals surface area contributed by atoms with E-state index in [1.807, 2.05) is 3.28 Å². The van der Waals surface area contributed by atoms with Crippen molar-refractivity contribution in [1.29, 1.82) is 0 Å². The van der Waals surface area contributed by atoms with Crippen LogP contribution in [0, 0.1) is 5.92 Å². The van der Waals surface area contributed by atoms with Crippen LogP contribution in [0.25, 0.3) is 11.1 Å². The second-order valence-corrected chi connectivity index (χ2v) is 27.8. The van der Waals surface area contributed by atoms with Gasteiger partial charge in [0.2, 0.25) is 0 Å². The van der Waals surface area contributed by atoms with Gasteiger partial charge in [-0.05, 0) is 0 Å². The van der Waals surface area contributed by atoms with E-state index in [0.29, 0.717) is 5.92 Å². The van der Waals surface area contributed by atoms with Crippen molar-refractivity contribution in [2.45, 2.75) is 44.4 Å². The van der Waals surface area contributed by atoms with Gasteiger partial charge in [0, 0.05) is 0 Å². The minimum Gasteiger partial charge on any atom is -1.00 e. The first-order chi connectivity index (χ1) is 12.4. The molecule has 0 N–H and O–H groups in total. The third kappa shape index (κ3) is 3.60. The predicted molar refractivity (Wildman–Crippen MR) is 113 cm³/mol. The standard InChI is InChI=1S/C13H9.C9H13.C2H7Si.2ClH.Zr/c1-3-7-12-10(5-1)9-11-6-2-4-8-13(11)12;1-6-5-7(2)9(4)8(6)3;1-3-2;;;/h1-9H;6H,1-4H3;3H,1-2H3;2*1H;/q;;;;;+2/p-2. The summed E-state index contributed by atoms with van der Waals surface area (Å²) in [5.74, 6) is -0.0490. The topological polar surface area (TPSA) is 0 Å². The number of halogens is 2. The Morgan fingerprint density at radius 2 is 1.21 bits per heavy atom. The van der Waals surface area contributed by atoms with E-state index in [1.165, 1.54) is 11.1 Å². The molecule has 2 aromatic rings. The summed E-state index contributed by atoms with van der Waals surface area (Å²) in [6, 6.07) is 18.5. The Morgan fingerprint density at radius 3 is 1.61 bits per heavy atom. The summed E-state index contributed by atoms with van der Waals surface area (Å²) in [6.07, 6.45) is 0. The molecule has 28 heavy (non-hydrogen) atoms. The molecule has 0 amide bonds. The van der Waals surface area contributed by atoms with Crippen LogP contribution in [0.2, 0.25) is 13.1 Å². The van der Waals surface area contributed by atoms with Crippen molar-refractivity contribution >= 4 is 5.92 Å². The van der Waals surface area contributed by atoms with Crippen LogP contribution < -0.4 is 24.8 Å². The average Bonchev–Trinajstić information content (AvgIpc) is 3.06. The van der Waals surface area contributed by atoms with Gasteiger partial charge in [-0.15, -0.1) is 0 Å². The predicted octanol–water partition coefficient (Wildman–Crippen LogP) is 0.626. The van der Waals surface area contributed by atoms with E-state index >= 15 is 0 Å². The average molecular weight is 508 g/mol. The Kier molecular flexibility index (Phi) is 7.82. The Morgan fingerprint density at radius 1 is 0.750 bits per heavy atom. The van der Waals surface area contributed by atoms with Crippen molar-refractivity contribution in [3.05, 3.63) is 79.7 Å². The summed E-state index contributed by atoms with van der Waals surface area (Å²) in [4.78, 5) is 0. The van der Waals surface area contributed by atoms with Gasteiger partial charge in [-0.25, -0.2) is 0 Å². The Hall–Kier alpha value is -0.400. The van der Waals surface area contributed by atoms with Gasteiger partial charge in [0.1, 0.15) is 0 Å². The molecule has 2 aliphatic rings. The van der Waals surface area contributed by atoms with Crippen molar-refractivity contribution in [2.24, 2.45) is 5.92 Å². The number of benzene rings is 2. The minimum atomic E-state index is -1.84. The van der Waals surface area contributed by atoms with Gasteiger partial charge in [0.25, 0.3) is 0 Å². The fraction of sp³-hybridized carbons (Fsp3) is 0.333. The zero-order chi connectivity index (χ0) is 18.6. The number of rotatable bonds is 3. The molecule has 2 aliphatic carbocycles. The fourth-order valence-electron chi connectivity index (χ4n) is 5.12. The molecule has 0 nitrogen and oxygen atoms in total. The summed E-state index contributed by atoms with van der Waals surface area (Å²) in [6.45, 7) is 14.9. The molecule has 0 heterocycles. The van der Waals surface area contributed by atoms with Gasteiger partial charge in [-0.3, -0.25) is 0 Å². The maximum atomic E-state index is 2.63. The first kappa shape index (κ1) is 23.9. The molecule has 0 saturated carbocycles. The van der Waals surface area contributed by atoms with E-state index in [9.17, 15) is 0 Å². The molecule has 0 aliphatic heterocycles. The first-order valence-corrected chi connectivity index (χ1v) is 19.7. The summed E-state index contributed by atoms with van der Waals surface area (Å²) in [7, 11) is 0. The fourth-order valence-corrected chi connectivity index (χ4v) is 27.7. The molecule has 4 rings (SSSR count). The second kappa shape index (κ2) is 9.17. The van der Waals surface area contributed by atoms with E-state index < -0.39 is 26.8 Å². The third-order valence-electron chi connectivity index (χ3n) is 6.72. The molecule has 0 bridgehead atoms. The smallest absolute Gasteiger partial charge is 1.00 e. The van der Waals surface area contributed by atoms with E-state index in [4.69, 9.17) is 0 Å². The maximum Gasteiger partial charge on any atom is -1.00 e. The van der Waals surface area contributed by atoms with Crippen LogP contribution in [0.1, 0.15) is 42.4 Å². The Labute approximate surface area is 191 Å². The van der Waals surface area contributed by atoms with Gasteiger partial charge in [-0.2, -0.15) is 0 Å². The largest absolute Gasteiger partial charge is 1.00 e. The van der Waals surface area contributed by atoms with E-state index in [-0.39, 0.29) is 24.8 Å². The molecular weight excluding hydrogens is 478 g/mol. The van der Waals surface area contributed by atoms with Crippen molar-refractivity contribution in [3.63, 3.8) is 0 Å². The Bertz CT molecular complexity index is 900. The Balaban J connectivity index is 0.00000140. The minimum absolute atomic E-state index is 0. The summed E-state index contributed by atoms with van der Waals surface area (Å²) < 4.78 is 2.66. The van der Waals surface area contributed by atoms with Crippen LogP contribution in [0.3, 0.4) is 0 Å². The van der Waals surface area contributed by atoms with Gasteiger partial charge < -0.3 is 24.8 Å². The molecule has 1 unspecified atom stereocenters.